The van der Waals surface area contributed by atoms with Gasteiger partial charge in [-0.3, -0.25) is 19.5 Å². The number of nitrogens with zero attached hydrogens (tertiary/aromatic N) is 2. The minimum Gasteiger partial charge on any atom is -0.507 e. The Morgan fingerprint density at radius 1 is 1.09 bits per heavy atom. The van der Waals surface area contributed by atoms with Crippen molar-refractivity contribution in [3.8, 4) is 11.5 Å². The number of rotatable bonds is 6. The maximum atomic E-state index is 13.2. The second-order valence-corrected chi connectivity index (χ2v) is 8.17. The molecule has 1 aromatic heterocycles. The van der Waals surface area contributed by atoms with Gasteiger partial charge in [-0.2, -0.15) is 0 Å². The molecule has 1 aliphatic heterocycles. The van der Waals surface area contributed by atoms with Crippen molar-refractivity contribution in [1.29, 1.82) is 0 Å². The Hall–Kier alpha value is -3.55. The highest BCUT2D eigenvalue weighted by Gasteiger charge is 2.47. The number of pyridine rings is 1. The Labute approximate surface area is 206 Å². The number of ether oxygens (including phenoxy) is 2. The fourth-order valence-electron chi connectivity index (χ4n) is 3.90. The van der Waals surface area contributed by atoms with E-state index >= 15 is 0 Å². The van der Waals surface area contributed by atoms with Gasteiger partial charge in [0.25, 0.3) is 11.7 Å². The molecule has 1 N–H and O–H groups in total. The SMILES string of the molecule is CCOc1cccc(N2C(=O)C(=O)/C(=C(/O)c3cc(Cl)c(OC)c(Cl)c3)C2c2ccncc2)c1. The van der Waals surface area contributed by atoms with Crippen molar-refractivity contribution in [1.82, 2.24) is 4.98 Å². The second kappa shape index (κ2) is 9.75. The van der Waals surface area contributed by atoms with Gasteiger partial charge in [0.05, 0.1) is 35.4 Å². The number of halogens is 2. The van der Waals surface area contributed by atoms with E-state index in [-0.39, 0.29) is 26.9 Å². The molecule has 1 saturated heterocycles. The fraction of sp³-hybridized carbons (Fsp3) is 0.160. The van der Waals surface area contributed by atoms with E-state index in [0.29, 0.717) is 23.6 Å². The Morgan fingerprint density at radius 2 is 1.76 bits per heavy atom. The molecule has 1 aliphatic rings. The molecule has 0 saturated carbocycles. The van der Waals surface area contributed by atoms with Gasteiger partial charge in [0.15, 0.2) is 5.75 Å². The number of aromatic nitrogens is 1. The Bertz CT molecular complexity index is 1270. The van der Waals surface area contributed by atoms with Gasteiger partial charge < -0.3 is 14.6 Å². The molecule has 0 bridgehead atoms. The molecule has 1 unspecified atom stereocenters. The molecule has 0 radical (unpaired) electrons. The molecule has 1 atom stereocenters. The lowest BCUT2D eigenvalue weighted by molar-refractivity contribution is -0.132. The average Bonchev–Trinajstić information content (AvgIpc) is 3.10. The van der Waals surface area contributed by atoms with E-state index in [4.69, 9.17) is 32.7 Å². The third-order valence-corrected chi connectivity index (χ3v) is 5.91. The predicted octanol–water partition coefficient (Wildman–Crippen LogP) is 5.42. The maximum absolute atomic E-state index is 13.2. The van der Waals surface area contributed by atoms with Crippen LogP contribution in [0.2, 0.25) is 10.0 Å². The zero-order valence-corrected chi connectivity index (χ0v) is 19.8. The Morgan fingerprint density at radius 3 is 2.38 bits per heavy atom. The van der Waals surface area contributed by atoms with Crippen molar-refractivity contribution in [2.75, 3.05) is 18.6 Å². The van der Waals surface area contributed by atoms with Crippen LogP contribution in [0, 0.1) is 0 Å². The summed E-state index contributed by atoms with van der Waals surface area (Å²) >= 11 is 12.5. The number of ketones is 1. The van der Waals surface area contributed by atoms with E-state index in [0.717, 1.165) is 0 Å². The van der Waals surface area contributed by atoms with Crippen LogP contribution in [-0.4, -0.2) is 35.5 Å². The highest BCUT2D eigenvalue weighted by Crippen LogP contribution is 2.44. The monoisotopic (exact) mass is 498 g/mol. The summed E-state index contributed by atoms with van der Waals surface area (Å²) in [5.41, 5.74) is 1.11. The summed E-state index contributed by atoms with van der Waals surface area (Å²) in [6.07, 6.45) is 3.10. The lowest BCUT2D eigenvalue weighted by Crippen LogP contribution is -2.29. The number of amides is 1. The summed E-state index contributed by atoms with van der Waals surface area (Å²) in [7, 11) is 1.41. The first-order valence-electron chi connectivity index (χ1n) is 10.3. The van der Waals surface area contributed by atoms with Crippen LogP contribution in [0.25, 0.3) is 5.76 Å². The van der Waals surface area contributed by atoms with Gasteiger partial charge in [-0.15, -0.1) is 0 Å². The number of aliphatic hydroxyl groups is 1. The second-order valence-electron chi connectivity index (χ2n) is 7.35. The number of aliphatic hydroxyl groups excluding tert-OH is 1. The minimum atomic E-state index is -0.917. The maximum Gasteiger partial charge on any atom is 0.300 e. The number of hydrogen-bond donors (Lipinski definition) is 1. The molecular weight excluding hydrogens is 479 g/mol. The zero-order valence-electron chi connectivity index (χ0n) is 18.3. The van der Waals surface area contributed by atoms with E-state index in [1.165, 1.54) is 24.1 Å². The third-order valence-electron chi connectivity index (χ3n) is 5.35. The van der Waals surface area contributed by atoms with Gasteiger partial charge in [-0.25, -0.2) is 0 Å². The molecule has 2 aromatic carbocycles. The van der Waals surface area contributed by atoms with Crippen LogP contribution >= 0.6 is 23.2 Å². The van der Waals surface area contributed by atoms with Gasteiger partial charge in [0.1, 0.15) is 11.5 Å². The highest BCUT2D eigenvalue weighted by atomic mass is 35.5. The van der Waals surface area contributed by atoms with Gasteiger partial charge >= 0.3 is 0 Å². The van der Waals surface area contributed by atoms with Gasteiger partial charge in [0.2, 0.25) is 0 Å². The van der Waals surface area contributed by atoms with Crippen molar-refractivity contribution >= 4 is 46.3 Å². The molecule has 34 heavy (non-hydrogen) atoms. The molecule has 7 nitrogen and oxygen atoms in total. The summed E-state index contributed by atoms with van der Waals surface area (Å²) in [5.74, 6) is -1.26. The average molecular weight is 499 g/mol. The number of anilines is 1. The van der Waals surface area contributed by atoms with Crippen molar-refractivity contribution in [2.24, 2.45) is 0 Å². The Balaban J connectivity index is 1.93. The molecular formula is C25H20Cl2N2O5. The van der Waals surface area contributed by atoms with Gasteiger partial charge in [0, 0.05) is 29.7 Å². The fourth-order valence-corrected chi connectivity index (χ4v) is 4.54. The summed E-state index contributed by atoms with van der Waals surface area (Å²) in [4.78, 5) is 31.8. The number of methoxy groups -OCH3 is 1. The molecule has 4 rings (SSSR count). The summed E-state index contributed by atoms with van der Waals surface area (Å²) in [6.45, 7) is 2.29. The molecule has 2 heterocycles. The number of hydrogen-bond acceptors (Lipinski definition) is 6. The first-order valence-corrected chi connectivity index (χ1v) is 11.1. The first kappa shape index (κ1) is 23.6. The summed E-state index contributed by atoms with van der Waals surface area (Å²) < 4.78 is 10.7. The Kier molecular flexibility index (Phi) is 6.77. The third kappa shape index (κ3) is 4.20. The van der Waals surface area contributed by atoms with Crippen LogP contribution in [0.15, 0.2) is 66.5 Å². The number of carbonyl (C=O) groups is 2. The quantitative estimate of drug-likeness (QED) is 0.277. The molecule has 174 valence electrons. The normalized spacial score (nSPS) is 17.2. The molecule has 0 aliphatic carbocycles. The van der Waals surface area contributed by atoms with Crippen molar-refractivity contribution < 1.29 is 24.2 Å². The number of benzene rings is 2. The van der Waals surface area contributed by atoms with Crippen LogP contribution < -0.4 is 14.4 Å². The summed E-state index contributed by atoms with van der Waals surface area (Å²) in [5, 5.41) is 11.5. The molecule has 9 heteroatoms. The molecule has 1 fully saturated rings. The molecule has 1 amide bonds. The van der Waals surface area contributed by atoms with Crippen LogP contribution in [0.1, 0.15) is 24.1 Å². The standard InChI is InChI=1S/C25H20Cl2N2O5/c1-3-34-17-6-4-5-16(13-17)29-21(14-7-9-28-10-8-14)20(23(31)25(29)32)22(30)15-11-18(26)24(33-2)19(27)12-15/h4-13,21,30H,3H2,1-2H3/b22-20+. The smallest absolute Gasteiger partial charge is 0.300 e. The van der Waals surface area contributed by atoms with Crippen molar-refractivity contribution in [3.63, 3.8) is 0 Å². The van der Waals surface area contributed by atoms with E-state index in [2.05, 4.69) is 4.98 Å². The topological polar surface area (TPSA) is 89.0 Å². The van der Waals surface area contributed by atoms with E-state index in [1.54, 1.807) is 48.8 Å². The highest BCUT2D eigenvalue weighted by molar-refractivity contribution is 6.51. The molecule has 0 spiro atoms. The van der Waals surface area contributed by atoms with Crippen molar-refractivity contribution in [2.45, 2.75) is 13.0 Å². The number of Topliss-reactive ketones (excluding diaryl/α,β-unsaturated/α-hetero) is 1. The van der Waals surface area contributed by atoms with Gasteiger partial charge in [-0.05, 0) is 48.9 Å². The predicted molar refractivity (Wildman–Crippen MR) is 130 cm³/mol. The van der Waals surface area contributed by atoms with Crippen LogP contribution in [0.4, 0.5) is 5.69 Å². The van der Waals surface area contributed by atoms with E-state index in [1.807, 2.05) is 6.92 Å². The zero-order chi connectivity index (χ0) is 24.4. The largest absolute Gasteiger partial charge is 0.507 e. The van der Waals surface area contributed by atoms with Crippen LogP contribution in [0.5, 0.6) is 11.5 Å². The first-order chi connectivity index (χ1) is 16.4. The lowest BCUT2D eigenvalue weighted by atomic mass is 9.95. The summed E-state index contributed by atoms with van der Waals surface area (Å²) in [6, 6.07) is 12.1. The van der Waals surface area contributed by atoms with Crippen molar-refractivity contribution in [3.05, 3.63) is 87.7 Å². The number of carbonyl (C=O) groups excluding carboxylic acids is 2. The van der Waals surface area contributed by atoms with E-state index < -0.39 is 23.5 Å². The molecule has 3 aromatic rings. The van der Waals surface area contributed by atoms with Gasteiger partial charge in [-0.1, -0.05) is 29.3 Å². The van der Waals surface area contributed by atoms with E-state index in [9.17, 15) is 14.7 Å². The van der Waals surface area contributed by atoms with Crippen LogP contribution in [-0.2, 0) is 9.59 Å². The minimum absolute atomic E-state index is 0.102. The van der Waals surface area contributed by atoms with Crippen LogP contribution in [0.3, 0.4) is 0 Å². The lowest BCUT2D eigenvalue weighted by Gasteiger charge is -2.25.